The molecule has 2 fully saturated rings. The van der Waals surface area contributed by atoms with Gasteiger partial charge in [-0.15, -0.1) is 0 Å². The third kappa shape index (κ3) is 2.12. The minimum Gasteiger partial charge on any atom is -0.328 e. The van der Waals surface area contributed by atoms with Crippen LogP contribution in [0.25, 0.3) is 0 Å². The second-order valence-electron chi connectivity index (χ2n) is 5.59. The number of rotatable bonds is 3. The van der Waals surface area contributed by atoms with Crippen molar-refractivity contribution >= 4 is 5.91 Å². The lowest BCUT2D eigenvalue weighted by molar-refractivity contribution is -0.235. The van der Waals surface area contributed by atoms with Crippen LogP contribution in [-0.2, 0) is 4.79 Å². The fourth-order valence-electron chi connectivity index (χ4n) is 3.47. The van der Waals surface area contributed by atoms with E-state index in [0.717, 1.165) is 24.2 Å². The van der Waals surface area contributed by atoms with Crippen LogP contribution < -0.4 is 0 Å². The Morgan fingerprint density at radius 3 is 2.78 bits per heavy atom. The van der Waals surface area contributed by atoms with Crippen molar-refractivity contribution in [2.24, 2.45) is 5.92 Å². The third-order valence-electron chi connectivity index (χ3n) is 4.37. The molecule has 104 valence electrons. The van der Waals surface area contributed by atoms with Gasteiger partial charge in [-0.2, -0.15) is 13.2 Å². The number of carbonyl (C=O) groups excluding carboxylic acids is 1. The molecule has 2 saturated heterocycles. The van der Waals surface area contributed by atoms with E-state index in [1.807, 2.05) is 6.92 Å². The second kappa shape index (κ2) is 4.74. The van der Waals surface area contributed by atoms with Crippen molar-refractivity contribution in [2.75, 3.05) is 6.54 Å². The van der Waals surface area contributed by atoms with Crippen LogP contribution >= 0.6 is 0 Å². The van der Waals surface area contributed by atoms with Crippen molar-refractivity contribution < 1.29 is 18.0 Å². The third-order valence-corrected chi connectivity index (χ3v) is 4.37. The molecule has 0 aromatic heterocycles. The summed E-state index contributed by atoms with van der Waals surface area (Å²) in [6.07, 6.45) is -0.687. The molecule has 5 heteroatoms. The van der Waals surface area contributed by atoms with E-state index < -0.39 is 11.7 Å². The number of amides is 1. The maximum Gasteiger partial charge on any atom is 0.411 e. The predicted octanol–water partition coefficient (Wildman–Crippen LogP) is 3.51. The first-order valence-corrected chi connectivity index (χ1v) is 6.78. The molecule has 0 radical (unpaired) electrons. The molecule has 2 rings (SSSR count). The molecule has 0 aliphatic carbocycles. The number of carbonyl (C=O) groups is 1. The molecule has 2 aliphatic rings. The van der Waals surface area contributed by atoms with Crippen LogP contribution in [0, 0.1) is 5.92 Å². The summed E-state index contributed by atoms with van der Waals surface area (Å²) in [7, 11) is 0. The van der Waals surface area contributed by atoms with Crippen LogP contribution in [0.3, 0.4) is 0 Å². The smallest absolute Gasteiger partial charge is 0.328 e. The van der Waals surface area contributed by atoms with Crippen LogP contribution in [0.2, 0.25) is 0 Å². The van der Waals surface area contributed by atoms with Gasteiger partial charge in [0.2, 0.25) is 5.91 Å². The Labute approximate surface area is 106 Å². The Morgan fingerprint density at radius 2 is 2.17 bits per heavy atom. The van der Waals surface area contributed by atoms with E-state index in [0.29, 0.717) is 12.8 Å². The first kappa shape index (κ1) is 13.7. The molecule has 0 N–H and O–H groups in total. The quantitative estimate of drug-likeness (QED) is 0.763. The van der Waals surface area contributed by atoms with Crippen LogP contribution in [-0.4, -0.2) is 29.1 Å². The molecular formula is C13H20F3NO. The van der Waals surface area contributed by atoms with Gasteiger partial charge in [0.25, 0.3) is 0 Å². The van der Waals surface area contributed by atoms with Crippen LogP contribution in [0.4, 0.5) is 13.2 Å². The molecule has 0 bridgehead atoms. The standard InChI is InChI=1S/C13H20F3NO/c1-2-3-5-10-8-11(18)17-7-4-6-12(17,9-10)13(14,15)16/h10H,2-9H2,1H3/t10-,12-/m0/s1. The van der Waals surface area contributed by atoms with Gasteiger partial charge in [0.15, 0.2) is 0 Å². The van der Waals surface area contributed by atoms with Crippen molar-refractivity contribution in [3.63, 3.8) is 0 Å². The van der Waals surface area contributed by atoms with E-state index in [4.69, 9.17) is 0 Å². The molecule has 0 aromatic rings. The molecular weight excluding hydrogens is 243 g/mol. The Bertz CT molecular complexity index is 329. The lowest BCUT2D eigenvalue weighted by atomic mass is 9.77. The Morgan fingerprint density at radius 1 is 1.44 bits per heavy atom. The van der Waals surface area contributed by atoms with Crippen molar-refractivity contribution in [3.8, 4) is 0 Å². The summed E-state index contributed by atoms with van der Waals surface area (Å²) < 4.78 is 40.1. The molecule has 2 atom stereocenters. The molecule has 2 heterocycles. The SMILES string of the molecule is CCCC[C@H]1CC(=O)N2CCC[C@@]2(C(F)(F)F)C1. The topological polar surface area (TPSA) is 20.3 Å². The maximum absolute atomic E-state index is 13.4. The van der Waals surface area contributed by atoms with Crippen LogP contribution in [0.5, 0.6) is 0 Å². The summed E-state index contributed by atoms with van der Waals surface area (Å²) in [4.78, 5) is 13.0. The van der Waals surface area contributed by atoms with Gasteiger partial charge in [-0.25, -0.2) is 0 Å². The number of nitrogens with zero attached hydrogens (tertiary/aromatic N) is 1. The Balaban J connectivity index is 2.20. The van der Waals surface area contributed by atoms with Crippen molar-refractivity contribution in [3.05, 3.63) is 0 Å². The van der Waals surface area contributed by atoms with E-state index in [9.17, 15) is 18.0 Å². The fraction of sp³-hybridized carbons (Fsp3) is 0.923. The fourth-order valence-corrected chi connectivity index (χ4v) is 3.47. The van der Waals surface area contributed by atoms with Gasteiger partial charge >= 0.3 is 6.18 Å². The van der Waals surface area contributed by atoms with Gasteiger partial charge < -0.3 is 4.90 Å². The zero-order valence-corrected chi connectivity index (χ0v) is 10.7. The molecule has 0 saturated carbocycles. The average Bonchev–Trinajstić information content (AvgIpc) is 2.71. The van der Waals surface area contributed by atoms with Crippen LogP contribution in [0.1, 0.15) is 51.9 Å². The zero-order valence-electron chi connectivity index (χ0n) is 10.7. The van der Waals surface area contributed by atoms with Crippen molar-refractivity contribution in [1.29, 1.82) is 0 Å². The highest BCUT2D eigenvalue weighted by Gasteiger charge is 2.63. The monoisotopic (exact) mass is 263 g/mol. The number of halogens is 3. The molecule has 18 heavy (non-hydrogen) atoms. The number of alkyl halides is 3. The van der Waals surface area contributed by atoms with Gasteiger partial charge in [0.05, 0.1) is 0 Å². The van der Waals surface area contributed by atoms with E-state index >= 15 is 0 Å². The molecule has 0 unspecified atom stereocenters. The molecule has 0 aromatic carbocycles. The summed E-state index contributed by atoms with van der Waals surface area (Å²) in [5.41, 5.74) is -1.85. The Kier molecular flexibility index (Phi) is 3.60. The van der Waals surface area contributed by atoms with Gasteiger partial charge in [-0.1, -0.05) is 19.8 Å². The summed E-state index contributed by atoms with van der Waals surface area (Å²) in [5, 5.41) is 0. The first-order chi connectivity index (χ1) is 8.40. The lowest BCUT2D eigenvalue weighted by Crippen LogP contribution is -2.61. The largest absolute Gasteiger partial charge is 0.411 e. The summed E-state index contributed by atoms with van der Waals surface area (Å²) >= 11 is 0. The average molecular weight is 263 g/mol. The van der Waals surface area contributed by atoms with Crippen LogP contribution in [0.15, 0.2) is 0 Å². The highest BCUT2D eigenvalue weighted by Crippen LogP contribution is 2.51. The second-order valence-corrected chi connectivity index (χ2v) is 5.59. The van der Waals surface area contributed by atoms with Gasteiger partial charge in [0, 0.05) is 13.0 Å². The van der Waals surface area contributed by atoms with Crippen molar-refractivity contribution in [1.82, 2.24) is 4.90 Å². The summed E-state index contributed by atoms with van der Waals surface area (Å²) in [5.74, 6) is -0.384. The van der Waals surface area contributed by atoms with Gasteiger partial charge in [-0.05, 0) is 31.6 Å². The zero-order chi connectivity index (χ0) is 13.4. The number of hydrogen-bond acceptors (Lipinski definition) is 1. The predicted molar refractivity (Wildman–Crippen MR) is 62.0 cm³/mol. The number of unbranched alkanes of at least 4 members (excludes halogenated alkanes) is 1. The molecule has 2 aliphatic heterocycles. The summed E-state index contributed by atoms with van der Waals surface area (Å²) in [6.45, 7) is 2.30. The van der Waals surface area contributed by atoms with Gasteiger partial charge in [-0.3, -0.25) is 4.79 Å². The minimum absolute atomic E-state index is 0.0882. The summed E-state index contributed by atoms with van der Waals surface area (Å²) in [6, 6.07) is 0. The molecule has 1 amide bonds. The normalized spacial score (nSPS) is 32.8. The maximum atomic E-state index is 13.4. The lowest BCUT2D eigenvalue weighted by Gasteiger charge is -2.46. The van der Waals surface area contributed by atoms with E-state index in [1.165, 1.54) is 0 Å². The van der Waals surface area contributed by atoms with E-state index in [2.05, 4.69) is 0 Å². The highest BCUT2D eigenvalue weighted by molar-refractivity contribution is 5.79. The minimum atomic E-state index is -4.29. The van der Waals surface area contributed by atoms with E-state index in [-0.39, 0.29) is 31.2 Å². The van der Waals surface area contributed by atoms with Gasteiger partial charge in [0.1, 0.15) is 5.54 Å². The number of hydrogen-bond donors (Lipinski definition) is 0. The van der Waals surface area contributed by atoms with E-state index in [1.54, 1.807) is 0 Å². The number of piperidine rings is 1. The highest BCUT2D eigenvalue weighted by atomic mass is 19.4. The Hall–Kier alpha value is -0.740. The number of fused-ring (bicyclic) bond motifs is 1. The molecule has 0 spiro atoms. The first-order valence-electron chi connectivity index (χ1n) is 6.78. The molecule has 2 nitrogen and oxygen atoms in total. The van der Waals surface area contributed by atoms with Crippen molar-refractivity contribution in [2.45, 2.75) is 63.6 Å².